The van der Waals surface area contributed by atoms with Gasteiger partial charge in [-0.3, -0.25) is 9.79 Å². The van der Waals surface area contributed by atoms with E-state index in [1.165, 1.54) is 12.1 Å². The summed E-state index contributed by atoms with van der Waals surface area (Å²) in [6, 6.07) is 5.37. The van der Waals surface area contributed by atoms with E-state index in [0.717, 1.165) is 37.8 Å². The first kappa shape index (κ1) is 22.3. The minimum atomic E-state index is -4.73. The third-order valence-electron chi connectivity index (χ3n) is 3.70. The Morgan fingerprint density at radius 2 is 1.85 bits per heavy atom. The molecule has 1 aromatic rings. The van der Waals surface area contributed by atoms with Gasteiger partial charge in [0.15, 0.2) is 5.96 Å². The first-order valence-corrected chi connectivity index (χ1v) is 8.04. The van der Waals surface area contributed by atoms with Crippen LogP contribution in [0, 0.1) is 0 Å². The molecule has 0 bridgehead atoms. The quantitative estimate of drug-likeness (QED) is 0.327. The molecule has 0 aromatic heterocycles. The largest absolute Gasteiger partial charge is 0.573 e. The van der Waals surface area contributed by atoms with E-state index in [2.05, 4.69) is 20.4 Å². The number of guanidine groups is 1. The van der Waals surface area contributed by atoms with E-state index in [-0.39, 0.29) is 60.6 Å². The van der Waals surface area contributed by atoms with Gasteiger partial charge in [-0.15, -0.1) is 37.1 Å². The molecule has 26 heavy (non-hydrogen) atoms. The fraction of sp³-hybridized carbons (Fsp3) is 0.500. The van der Waals surface area contributed by atoms with Gasteiger partial charge >= 0.3 is 6.36 Å². The molecule has 6 nitrogen and oxygen atoms in total. The van der Waals surface area contributed by atoms with E-state index < -0.39 is 6.36 Å². The van der Waals surface area contributed by atoms with Crippen LogP contribution in [0.15, 0.2) is 29.3 Å². The summed E-state index contributed by atoms with van der Waals surface area (Å²) in [4.78, 5) is 15.8. The van der Waals surface area contributed by atoms with Crippen molar-refractivity contribution >= 4 is 41.5 Å². The number of carbonyl (C=O) groups is 1. The normalized spacial score (nSPS) is 15.3. The Morgan fingerprint density at radius 3 is 2.42 bits per heavy atom. The molecule has 1 aliphatic rings. The number of benzene rings is 1. The Hall–Kier alpha value is -1.72. The van der Waals surface area contributed by atoms with Gasteiger partial charge in [-0.1, -0.05) is 12.8 Å². The lowest BCUT2D eigenvalue weighted by atomic mass is 10.2. The third kappa shape index (κ3) is 8.59. The SMILES string of the molecule is I.NC(=NCCC(=O)NC1CCCC1)Nc1ccc(OC(F)(F)F)cc1. The number of nitrogens with zero attached hydrogens (tertiary/aromatic N) is 1. The fourth-order valence-electron chi connectivity index (χ4n) is 2.58. The molecule has 0 atom stereocenters. The number of carbonyl (C=O) groups excluding carboxylic acids is 1. The van der Waals surface area contributed by atoms with Crippen LogP contribution >= 0.6 is 24.0 Å². The van der Waals surface area contributed by atoms with Crippen LogP contribution in [-0.2, 0) is 4.79 Å². The number of rotatable bonds is 6. The van der Waals surface area contributed by atoms with E-state index in [1.807, 2.05) is 0 Å². The predicted octanol–water partition coefficient (Wildman–Crippen LogP) is 3.38. The second kappa shape index (κ2) is 10.4. The minimum absolute atomic E-state index is 0. The highest BCUT2D eigenvalue weighted by Gasteiger charge is 2.30. The summed E-state index contributed by atoms with van der Waals surface area (Å²) < 4.78 is 40.0. The molecular formula is C16H22F3IN4O2. The molecule has 146 valence electrons. The highest BCUT2D eigenvalue weighted by Crippen LogP contribution is 2.23. The maximum absolute atomic E-state index is 12.1. The Labute approximate surface area is 166 Å². The zero-order chi connectivity index (χ0) is 18.3. The van der Waals surface area contributed by atoms with E-state index in [0.29, 0.717) is 5.69 Å². The average molecular weight is 486 g/mol. The highest BCUT2D eigenvalue weighted by atomic mass is 127. The number of anilines is 1. The first-order valence-electron chi connectivity index (χ1n) is 8.04. The summed E-state index contributed by atoms with van der Waals surface area (Å²) in [5, 5.41) is 5.69. The van der Waals surface area contributed by atoms with Crippen molar-refractivity contribution in [1.29, 1.82) is 0 Å². The molecule has 0 spiro atoms. The molecule has 0 saturated heterocycles. The molecular weight excluding hydrogens is 464 g/mol. The van der Waals surface area contributed by atoms with E-state index in [1.54, 1.807) is 0 Å². The number of amides is 1. The van der Waals surface area contributed by atoms with Crippen molar-refractivity contribution < 1.29 is 22.7 Å². The van der Waals surface area contributed by atoms with Crippen LogP contribution in [0.2, 0.25) is 0 Å². The van der Waals surface area contributed by atoms with E-state index in [4.69, 9.17) is 5.73 Å². The van der Waals surface area contributed by atoms with E-state index in [9.17, 15) is 18.0 Å². The number of alkyl halides is 3. The molecule has 1 saturated carbocycles. The number of nitrogens with one attached hydrogen (secondary N) is 2. The van der Waals surface area contributed by atoms with Crippen LogP contribution < -0.4 is 21.1 Å². The Bertz CT molecular complexity index is 603. The van der Waals surface area contributed by atoms with Crippen LogP contribution in [0.25, 0.3) is 0 Å². The lowest BCUT2D eigenvalue weighted by Crippen LogP contribution is -2.33. The number of halogens is 4. The van der Waals surface area contributed by atoms with Crippen LogP contribution in [0.5, 0.6) is 5.75 Å². The van der Waals surface area contributed by atoms with Gasteiger partial charge in [-0.25, -0.2) is 0 Å². The summed E-state index contributed by atoms with van der Waals surface area (Å²) in [5.41, 5.74) is 6.16. The van der Waals surface area contributed by atoms with Gasteiger partial charge < -0.3 is 21.1 Å². The fourth-order valence-corrected chi connectivity index (χ4v) is 2.58. The number of ether oxygens (including phenoxy) is 1. The van der Waals surface area contributed by atoms with Crippen molar-refractivity contribution in [2.24, 2.45) is 10.7 Å². The highest BCUT2D eigenvalue weighted by molar-refractivity contribution is 14.0. The van der Waals surface area contributed by atoms with Crippen molar-refractivity contribution in [2.45, 2.75) is 44.5 Å². The molecule has 1 fully saturated rings. The summed E-state index contributed by atoms with van der Waals surface area (Å²) in [6.45, 7) is 0.229. The lowest BCUT2D eigenvalue weighted by molar-refractivity contribution is -0.274. The molecule has 0 unspecified atom stereocenters. The van der Waals surface area contributed by atoms with Gasteiger partial charge in [0.05, 0.1) is 6.54 Å². The number of nitrogens with two attached hydrogens (primary N) is 1. The lowest BCUT2D eigenvalue weighted by Gasteiger charge is -2.11. The number of hydrogen-bond donors (Lipinski definition) is 3. The van der Waals surface area contributed by atoms with Gasteiger partial charge in [0, 0.05) is 18.2 Å². The van der Waals surface area contributed by atoms with Crippen molar-refractivity contribution in [1.82, 2.24) is 5.32 Å². The minimum Gasteiger partial charge on any atom is -0.406 e. The third-order valence-corrected chi connectivity index (χ3v) is 3.70. The predicted molar refractivity (Wildman–Crippen MR) is 104 cm³/mol. The zero-order valence-corrected chi connectivity index (χ0v) is 16.3. The molecule has 1 amide bonds. The molecule has 1 aromatic carbocycles. The Morgan fingerprint density at radius 1 is 1.23 bits per heavy atom. The van der Waals surface area contributed by atoms with Crippen LogP contribution in [-0.4, -0.2) is 30.8 Å². The molecule has 2 rings (SSSR count). The molecule has 1 aliphatic carbocycles. The van der Waals surface area contributed by atoms with Crippen molar-refractivity contribution in [3.63, 3.8) is 0 Å². The van der Waals surface area contributed by atoms with Crippen LogP contribution in [0.3, 0.4) is 0 Å². The molecule has 0 aliphatic heterocycles. The Kier molecular flexibility index (Phi) is 8.96. The smallest absolute Gasteiger partial charge is 0.406 e. The van der Waals surface area contributed by atoms with Gasteiger partial charge in [-0.05, 0) is 37.1 Å². The Balaban J connectivity index is 0.00000338. The van der Waals surface area contributed by atoms with Gasteiger partial charge in [-0.2, -0.15) is 0 Å². The first-order chi connectivity index (χ1) is 11.8. The summed E-state index contributed by atoms with van der Waals surface area (Å²) in [7, 11) is 0. The zero-order valence-electron chi connectivity index (χ0n) is 14.0. The summed E-state index contributed by atoms with van der Waals surface area (Å²) >= 11 is 0. The standard InChI is InChI=1S/C16H21F3N4O2.HI/c17-16(18,19)25-13-7-5-12(6-8-13)23-15(20)21-10-9-14(24)22-11-3-1-2-4-11;/h5-8,11H,1-4,9-10H2,(H,22,24)(H3,20,21,23);1H. The average Bonchev–Trinajstić information content (AvgIpc) is 3.00. The maximum atomic E-state index is 12.1. The van der Waals surface area contributed by atoms with Gasteiger partial charge in [0.2, 0.25) is 5.91 Å². The van der Waals surface area contributed by atoms with Gasteiger partial charge in [0.25, 0.3) is 0 Å². The van der Waals surface area contributed by atoms with Crippen molar-refractivity contribution in [3.05, 3.63) is 24.3 Å². The van der Waals surface area contributed by atoms with Gasteiger partial charge in [0.1, 0.15) is 5.75 Å². The second-order valence-corrected chi connectivity index (χ2v) is 5.76. The van der Waals surface area contributed by atoms with E-state index >= 15 is 0 Å². The van der Waals surface area contributed by atoms with Crippen LogP contribution in [0.4, 0.5) is 18.9 Å². The molecule has 0 radical (unpaired) electrons. The van der Waals surface area contributed by atoms with Crippen molar-refractivity contribution in [3.8, 4) is 5.75 Å². The second-order valence-electron chi connectivity index (χ2n) is 5.76. The maximum Gasteiger partial charge on any atom is 0.573 e. The molecule has 4 N–H and O–H groups in total. The summed E-state index contributed by atoms with van der Waals surface area (Å²) in [6.07, 6.45) is -0.162. The van der Waals surface area contributed by atoms with Crippen LogP contribution in [0.1, 0.15) is 32.1 Å². The number of hydrogen-bond acceptors (Lipinski definition) is 3. The number of aliphatic imine (C=N–C) groups is 1. The van der Waals surface area contributed by atoms with Crippen molar-refractivity contribution in [2.75, 3.05) is 11.9 Å². The monoisotopic (exact) mass is 486 g/mol. The topological polar surface area (TPSA) is 88.7 Å². The summed E-state index contributed by atoms with van der Waals surface area (Å²) in [5.74, 6) is -0.299. The molecule has 10 heteroatoms. The molecule has 0 heterocycles.